The van der Waals surface area contributed by atoms with Crippen LogP contribution in [0.25, 0.3) is 0 Å². The zero-order valence-electron chi connectivity index (χ0n) is 5.90. The van der Waals surface area contributed by atoms with Gasteiger partial charge in [0.25, 0.3) is 0 Å². The van der Waals surface area contributed by atoms with Crippen LogP contribution in [-0.4, -0.2) is 4.98 Å². The molecule has 1 aromatic rings. The van der Waals surface area contributed by atoms with E-state index in [0.29, 0.717) is 0 Å². The summed E-state index contributed by atoms with van der Waals surface area (Å²) in [6, 6.07) is 3.94. The van der Waals surface area contributed by atoms with Gasteiger partial charge in [0.05, 0.1) is 0 Å². The molecule has 0 saturated carbocycles. The van der Waals surface area contributed by atoms with Crippen molar-refractivity contribution in [3.63, 3.8) is 0 Å². The molecule has 0 N–H and O–H groups in total. The van der Waals surface area contributed by atoms with Gasteiger partial charge in [-0.05, 0) is 24.1 Å². The zero-order chi connectivity index (χ0) is 7.23. The minimum Gasteiger partial charge on any atom is -0.265 e. The Morgan fingerprint density at radius 2 is 2.00 bits per heavy atom. The fourth-order valence-corrected chi connectivity index (χ4v) is 0.789. The molecule has 0 aliphatic rings. The van der Waals surface area contributed by atoms with Crippen molar-refractivity contribution < 1.29 is 0 Å². The summed E-state index contributed by atoms with van der Waals surface area (Å²) in [5.74, 6) is 0. The third-order valence-corrected chi connectivity index (χ3v) is 1.37. The molecule has 1 heterocycles. The molecule has 0 radical (unpaired) electrons. The fraction of sp³-hybridized carbons (Fsp3) is 0.125. The summed E-state index contributed by atoms with van der Waals surface area (Å²) < 4.78 is 0. The minimum absolute atomic E-state index is 0. The van der Waals surface area contributed by atoms with Gasteiger partial charge >= 0.3 is 0 Å². The normalized spacial score (nSPS) is 9.55. The van der Waals surface area contributed by atoms with Gasteiger partial charge in [0, 0.05) is 17.9 Å². The Morgan fingerprint density at radius 1 is 1.36 bits per heavy atom. The summed E-state index contributed by atoms with van der Waals surface area (Å²) in [5.41, 5.74) is 2.76. The van der Waals surface area contributed by atoms with Crippen LogP contribution in [0, 0.1) is 0 Å². The Labute approximate surface area is 77.5 Å². The highest BCUT2D eigenvalue weighted by Gasteiger charge is 1.84. The monoisotopic (exact) mass is 189 g/mol. The van der Waals surface area contributed by atoms with Crippen molar-refractivity contribution in [2.24, 2.45) is 0 Å². The number of hydrogen-bond donors (Lipinski definition) is 0. The molecule has 1 aromatic heterocycles. The molecule has 0 amide bonds. The van der Waals surface area contributed by atoms with E-state index in [4.69, 9.17) is 11.6 Å². The third kappa shape index (κ3) is 4.02. The zero-order valence-corrected chi connectivity index (χ0v) is 7.48. The van der Waals surface area contributed by atoms with Gasteiger partial charge in [-0.2, -0.15) is 0 Å². The van der Waals surface area contributed by atoms with Gasteiger partial charge in [0.15, 0.2) is 0 Å². The van der Waals surface area contributed by atoms with E-state index >= 15 is 0 Å². The highest BCUT2D eigenvalue weighted by Crippen LogP contribution is 1.98. The largest absolute Gasteiger partial charge is 0.265 e. The quantitative estimate of drug-likeness (QED) is 0.698. The van der Waals surface area contributed by atoms with Crippen molar-refractivity contribution >= 4 is 24.0 Å². The summed E-state index contributed by atoms with van der Waals surface area (Å²) in [5, 5.41) is 0. The van der Waals surface area contributed by atoms with Crippen LogP contribution in [0.3, 0.4) is 0 Å². The van der Waals surface area contributed by atoms with Crippen molar-refractivity contribution in [2.45, 2.75) is 6.42 Å². The summed E-state index contributed by atoms with van der Waals surface area (Å²) in [6.07, 6.45) is 6.33. The van der Waals surface area contributed by atoms with Gasteiger partial charge in [-0.25, -0.2) is 0 Å². The highest BCUT2D eigenvalue weighted by atomic mass is 35.5. The highest BCUT2D eigenvalue weighted by molar-refractivity contribution is 6.25. The first kappa shape index (κ1) is 10.5. The van der Waals surface area contributed by atoms with Crippen LogP contribution in [0.1, 0.15) is 5.56 Å². The van der Waals surface area contributed by atoms with E-state index in [2.05, 4.69) is 4.98 Å². The number of aromatic nitrogens is 1. The summed E-state index contributed by atoms with van der Waals surface area (Å²) in [4.78, 5) is 3.90. The molecule has 0 bridgehead atoms. The smallest absolute Gasteiger partial charge is 0.0270 e. The topological polar surface area (TPSA) is 12.9 Å². The van der Waals surface area contributed by atoms with Gasteiger partial charge < -0.3 is 0 Å². The number of nitrogens with zero attached hydrogens (tertiary/aromatic N) is 1. The Kier molecular flexibility index (Phi) is 5.90. The van der Waals surface area contributed by atoms with Crippen LogP contribution in [0.15, 0.2) is 36.1 Å². The predicted octanol–water partition coefficient (Wildman–Crippen LogP) is 2.80. The Morgan fingerprint density at radius 3 is 2.55 bits per heavy atom. The van der Waals surface area contributed by atoms with E-state index < -0.39 is 0 Å². The number of hydrogen-bond acceptors (Lipinski definition) is 1. The molecule has 1 nitrogen and oxygen atoms in total. The lowest BCUT2D eigenvalue weighted by Gasteiger charge is -1.91. The molecule has 1 rings (SSSR count). The molecule has 0 saturated heterocycles. The molecule has 0 unspecified atom stereocenters. The molecule has 0 aliphatic carbocycles. The van der Waals surface area contributed by atoms with E-state index in [1.54, 1.807) is 12.4 Å². The maximum Gasteiger partial charge on any atom is 0.0270 e. The lowest BCUT2D eigenvalue weighted by atomic mass is 10.2. The number of allylic oxidation sites excluding steroid dienone is 1. The predicted molar refractivity (Wildman–Crippen MR) is 50.2 cm³/mol. The van der Waals surface area contributed by atoms with E-state index in [1.165, 1.54) is 11.1 Å². The van der Waals surface area contributed by atoms with Crippen LogP contribution in [0.5, 0.6) is 0 Å². The van der Waals surface area contributed by atoms with Crippen LogP contribution >= 0.6 is 24.0 Å². The van der Waals surface area contributed by atoms with E-state index in [1.807, 2.05) is 18.2 Å². The van der Waals surface area contributed by atoms with Crippen molar-refractivity contribution in [1.82, 2.24) is 4.98 Å². The summed E-state index contributed by atoms with van der Waals surface area (Å²) >= 11 is 5.36. The third-order valence-electron chi connectivity index (χ3n) is 1.19. The maximum absolute atomic E-state index is 5.36. The Bertz CT molecular complexity index is 209. The van der Waals surface area contributed by atoms with Gasteiger partial charge in [-0.1, -0.05) is 17.7 Å². The van der Waals surface area contributed by atoms with Crippen molar-refractivity contribution in [3.8, 4) is 0 Å². The molecule has 60 valence electrons. The second-order valence-electron chi connectivity index (χ2n) is 1.92. The first-order chi connectivity index (χ1) is 4.93. The van der Waals surface area contributed by atoms with Gasteiger partial charge in [-0.15, -0.1) is 12.4 Å². The van der Waals surface area contributed by atoms with Crippen LogP contribution in [0.4, 0.5) is 0 Å². The van der Waals surface area contributed by atoms with Crippen molar-refractivity contribution in [2.75, 3.05) is 0 Å². The molecular formula is C8H9Cl2N. The number of rotatable bonds is 2. The van der Waals surface area contributed by atoms with Gasteiger partial charge in [-0.3, -0.25) is 4.98 Å². The molecule has 0 aliphatic heterocycles. The number of halogens is 2. The van der Waals surface area contributed by atoms with Gasteiger partial charge in [0.1, 0.15) is 0 Å². The Hall–Kier alpha value is -0.530. The first-order valence-electron chi connectivity index (χ1n) is 3.07. The fourth-order valence-electron chi connectivity index (χ4n) is 0.699. The molecule has 0 atom stereocenters. The average Bonchev–Trinajstić information content (AvgIpc) is 2.03. The second kappa shape index (κ2) is 6.20. The SMILES string of the molecule is Cl.ClC=CCc1ccncc1. The molecular weight excluding hydrogens is 181 g/mol. The minimum atomic E-state index is 0. The van der Waals surface area contributed by atoms with Crippen LogP contribution < -0.4 is 0 Å². The standard InChI is InChI=1S/C8H8ClN.ClH/c9-5-1-2-8-3-6-10-7-4-8;/h1,3-7H,2H2;1H. The summed E-state index contributed by atoms with van der Waals surface area (Å²) in [6.45, 7) is 0. The molecule has 11 heavy (non-hydrogen) atoms. The van der Waals surface area contributed by atoms with Crippen LogP contribution in [0.2, 0.25) is 0 Å². The Balaban J connectivity index is 0.000001000. The van der Waals surface area contributed by atoms with E-state index in [-0.39, 0.29) is 12.4 Å². The van der Waals surface area contributed by atoms with E-state index in [9.17, 15) is 0 Å². The second-order valence-corrected chi connectivity index (χ2v) is 2.17. The number of pyridine rings is 1. The lowest BCUT2D eigenvalue weighted by molar-refractivity contribution is 1.21. The maximum atomic E-state index is 5.36. The van der Waals surface area contributed by atoms with Crippen molar-refractivity contribution in [1.29, 1.82) is 0 Å². The molecule has 0 spiro atoms. The first-order valence-corrected chi connectivity index (χ1v) is 3.51. The van der Waals surface area contributed by atoms with Crippen molar-refractivity contribution in [3.05, 3.63) is 41.7 Å². The lowest BCUT2D eigenvalue weighted by Crippen LogP contribution is -1.79. The van der Waals surface area contributed by atoms with E-state index in [0.717, 1.165) is 6.42 Å². The molecule has 3 heteroatoms. The van der Waals surface area contributed by atoms with Gasteiger partial charge in [0.2, 0.25) is 0 Å². The van der Waals surface area contributed by atoms with Crippen LogP contribution in [-0.2, 0) is 6.42 Å². The average molecular weight is 190 g/mol. The summed E-state index contributed by atoms with van der Waals surface area (Å²) in [7, 11) is 0. The molecule has 0 aromatic carbocycles. The molecule has 0 fully saturated rings.